The molecule has 3 aromatic rings. The molecule has 1 N–H and O–H groups in total. The number of aliphatic carboxylic acids is 1. The highest BCUT2D eigenvalue weighted by Gasteiger charge is 2.34. The molecule has 37 heavy (non-hydrogen) atoms. The number of benzene rings is 3. The summed E-state index contributed by atoms with van der Waals surface area (Å²) < 4.78 is 16.3. The number of carboxylic acid groups (broad SMARTS) is 1. The molecule has 4 rings (SSSR count). The number of methoxy groups -OCH3 is 2. The van der Waals surface area contributed by atoms with Gasteiger partial charge < -0.3 is 19.3 Å². The second-order valence-electron chi connectivity index (χ2n) is 8.06. The quantitative estimate of drug-likeness (QED) is 0.381. The van der Waals surface area contributed by atoms with Gasteiger partial charge >= 0.3 is 5.97 Å². The molecule has 1 saturated heterocycles. The fourth-order valence-corrected chi connectivity index (χ4v) is 4.55. The molecule has 0 bridgehead atoms. The number of amidine groups is 1. The van der Waals surface area contributed by atoms with E-state index in [1.807, 2.05) is 54.6 Å². The Labute approximate surface area is 219 Å². The van der Waals surface area contributed by atoms with Crippen LogP contribution in [-0.2, 0) is 16.1 Å². The van der Waals surface area contributed by atoms with E-state index in [1.165, 1.54) is 25.8 Å². The van der Waals surface area contributed by atoms with Crippen molar-refractivity contribution < 1.29 is 28.9 Å². The molecule has 1 aliphatic heterocycles. The number of thioether (sulfide) groups is 1. The van der Waals surface area contributed by atoms with E-state index in [2.05, 4.69) is 0 Å². The largest absolute Gasteiger partial charge is 0.497 e. The molecule has 1 fully saturated rings. The van der Waals surface area contributed by atoms with E-state index in [9.17, 15) is 14.7 Å². The van der Waals surface area contributed by atoms with Crippen molar-refractivity contribution in [3.63, 3.8) is 0 Å². The predicted molar refractivity (Wildman–Crippen MR) is 143 cm³/mol. The topological polar surface area (TPSA) is 97.7 Å². The molecule has 9 heteroatoms. The first-order chi connectivity index (χ1) is 17.9. The van der Waals surface area contributed by atoms with E-state index >= 15 is 0 Å². The number of carbonyl (C=O) groups excluding carboxylic acids is 1. The summed E-state index contributed by atoms with van der Waals surface area (Å²) in [6.07, 6.45) is 0.565. The summed E-state index contributed by atoms with van der Waals surface area (Å²) in [4.78, 5) is 31.8. The van der Waals surface area contributed by atoms with Gasteiger partial charge in [0.25, 0.3) is 5.91 Å². The van der Waals surface area contributed by atoms with Crippen molar-refractivity contribution in [1.82, 2.24) is 4.90 Å². The van der Waals surface area contributed by atoms with Crippen LogP contribution >= 0.6 is 11.8 Å². The van der Waals surface area contributed by atoms with Crippen molar-refractivity contribution in [2.75, 3.05) is 14.2 Å². The molecule has 0 radical (unpaired) electrons. The van der Waals surface area contributed by atoms with Crippen LogP contribution in [0.15, 0.2) is 82.7 Å². The Balaban J connectivity index is 1.72. The first-order valence-corrected chi connectivity index (χ1v) is 12.3. The zero-order valence-corrected chi connectivity index (χ0v) is 21.4. The van der Waals surface area contributed by atoms with E-state index in [0.29, 0.717) is 27.9 Å². The van der Waals surface area contributed by atoms with Gasteiger partial charge in [-0.1, -0.05) is 42.5 Å². The fourth-order valence-electron chi connectivity index (χ4n) is 3.56. The maximum atomic E-state index is 13.6. The van der Waals surface area contributed by atoms with Gasteiger partial charge in [-0.25, -0.2) is 9.79 Å². The third kappa shape index (κ3) is 6.13. The van der Waals surface area contributed by atoms with Crippen molar-refractivity contribution >= 4 is 40.6 Å². The first-order valence-electron chi connectivity index (χ1n) is 11.4. The lowest BCUT2D eigenvalue weighted by Crippen LogP contribution is -2.28. The minimum Gasteiger partial charge on any atom is -0.497 e. The number of hydrogen-bond donors (Lipinski definition) is 1. The molecule has 8 nitrogen and oxygen atoms in total. The third-order valence-electron chi connectivity index (χ3n) is 5.53. The summed E-state index contributed by atoms with van der Waals surface area (Å²) in [5, 5.41) is 9.87. The fraction of sp³-hybridized carbons (Fsp3) is 0.179. The highest BCUT2D eigenvalue weighted by atomic mass is 32.2. The molecule has 1 aliphatic rings. The van der Waals surface area contributed by atoms with Gasteiger partial charge in [0.2, 0.25) is 0 Å². The lowest BCUT2D eigenvalue weighted by molar-refractivity contribution is -0.144. The number of ether oxygens (including phenoxy) is 3. The Morgan fingerprint density at radius 2 is 1.76 bits per heavy atom. The molecule has 0 saturated carbocycles. The number of nitrogens with zero attached hydrogens (tertiary/aromatic N) is 2. The lowest BCUT2D eigenvalue weighted by atomic mass is 10.1. The minimum absolute atomic E-state index is 0.226. The SMILES string of the molecule is COc1ccc(CN2C(=O)/C(=C/c3cccc(OC)c3O[C@H](C)C(=O)O)SC2=Nc2ccccc2)cc1. The van der Waals surface area contributed by atoms with Crippen molar-refractivity contribution in [3.05, 3.63) is 88.8 Å². The Kier molecular flexibility index (Phi) is 8.15. The van der Waals surface area contributed by atoms with E-state index in [0.717, 1.165) is 17.0 Å². The van der Waals surface area contributed by atoms with Gasteiger partial charge in [-0.2, -0.15) is 0 Å². The summed E-state index contributed by atoms with van der Waals surface area (Å²) >= 11 is 1.24. The van der Waals surface area contributed by atoms with Crippen molar-refractivity contribution in [2.45, 2.75) is 19.6 Å². The number of aliphatic imine (C=N–C) groups is 1. The maximum absolute atomic E-state index is 13.6. The zero-order chi connectivity index (χ0) is 26.4. The highest BCUT2D eigenvalue weighted by molar-refractivity contribution is 8.18. The number of hydrogen-bond acceptors (Lipinski definition) is 7. The maximum Gasteiger partial charge on any atom is 0.344 e. The normalized spacial score (nSPS) is 16.2. The number of carboxylic acids is 1. The molecule has 0 spiro atoms. The third-order valence-corrected chi connectivity index (χ3v) is 6.53. The Morgan fingerprint density at radius 1 is 1.03 bits per heavy atom. The minimum atomic E-state index is -1.11. The number of para-hydroxylation sites is 2. The van der Waals surface area contributed by atoms with Crippen LogP contribution < -0.4 is 14.2 Å². The first kappa shape index (κ1) is 25.8. The molecule has 0 aliphatic carbocycles. The Hall–Kier alpha value is -4.24. The summed E-state index contributed by atoms with van der Waals surface area (Å²) in [6, 6.07) is 22.1. The van der Waals surface area contributed by atoms with Gasteiger partial charge in [0, 0.05) is 5.56 Å². The number of carbonyl (C=O) groups is 2. The van der Waals surface area contributed by atoms with E-state index in [4.69, 9.17) is 19.2 Å². The molecular formula is C28H26N2O6S. The number of amides is 1. The Bertz CT molecular complexity index is 1340. The van der Waals surface area contributed by atoms with E-state index in [-0.39, 0.29) is 11.7 Å². The standard InChI is InChI=1S/C28H26N2O6S/c1-18(27(32)33)36-25-20(8-7-11-23(25)35-3)16-24-26(31)30(17-19-12-14-22(34-2)15-13-19)28(37-24)29-21-9-5-4-6-10-21/h4-16,18H,17H2,1-3H3,(H,32,33)/b24-16-,29-28?/t18-/m1/s1. The van der Waals surface area contributed by atoms with Crippen molar-refractivity contribution in [1.29, 1.82) is 0 Å². The van der Waals surface area contributed by atoms with Gasteiger partial charge in [0.15, 0.2) is 22.8 Å². The monoisotopic (exact) mass is 518 g/mol. The molecule has 0 unspecified atom stereocenters. The molecule has 3 aromatic carbocycles. The van der Waals surface area contributed by atoms with Crippen LogP contribution in [0.4, 0.5) is 5.69 Å². The van der Waals surface area contributed by atoms with Gasteiger partial charge in [-0.15, -0.1) is 0 Å². The van der Waals surface area contributed by atoms with Crippen molar-refractivity contribution in [2.24, 2.45) is 4.99 Å². The van der Waals surface area contributed by atoms with Crippen LogP contribution in [0.2, 0.25) is 0 Å². The van der Waals surface area contributed by atoms with E-state index < -0.39 is 12.1 Å². The second kappa shape index (κ2) is 11.7. The van der Waals surface area contributed by atoms with Gasteiger partial charge in [0.1, 0.15) is 5.75 Å². The predicted octanol–water partition coefficient (Wildman–Crippen LogP) is 5.36. The molecule has 1 heterocycles. The van der Waals surface area contributed by atoms with Crippen LogP contribution in [-0.4, -0.2) is 47.4 Å². The van der Waals surface area contributed by atoms with Gasteiger partial charge in [0.05, 0.1) is 31.4 Å². The Morgan fingerprint density at radius 3 is 2.41 bits per heavy atom. The van der Waals surface area contributed by atoms with E-state index in [1.54, 1.807) is 36.3 Å². The average Bonchev–Trinajstić information content (AvgIpc) is 3.19. The zero-order valence-electron chi connectivity index (χ0n) is 20.6. The highest BCUT2D eigenvalue weighted by Crippen LogP contribution is 2.39. The van der Waals surface area contributed by atoms with Gasteiger partial charge in [-0.05, 0) is 60.7 Å². The smallest absolute Gasteiger partial charge is 0.344 e. The molecule has 1 atom stereocenters. The van der Waals surface area contributed by atoms with Gasteiger partial charge in [-0.3, -0.25) is 9.69 Å². The second-order valence-corrected chi connectivity index (χ2v) is 9.07. The molecule has 190 valence electrons. The molecule has 1 amide bonds. The van der Waals surface area contributed by atoms with Crippen LogP contribution in [0.3, 0.4) is 0 Å². The van der Waals surface area contributed by atoms with Crippen LogP contribution in [0.1, 0.15) is 18.1 Å². The summed E-state index contributed by atoms with van der Waals surface area (Å²) in [7, 11) is 3.08. The lowest BCUT2D eigenvalue weighted by Gasteiger charge is -2.16. The summed E-state index contributed by atoms with van der Waals surface area (Å²) in [5.74, 6) is 0.00205. The molecule has 0 aromatic heterocycles. The molecular weight excluding hydrogens is 492 g/mol. The van der Waals surface area contributed by atoms with Crippen LogP contribution in [0.25, 0.3) is 6.08 Å². The van der Waals surface area contributed by atoms with Crippen LogP contribution in [0, 0.1) is 0 Å². The van der Waals surface area contributed by atoms with Crippen LogP contribution in [0.5, 0.6) is 17.2 Å². The summed E-state index contributed by atoms with van der Waals surface area (Å²) in [6.45, 7) is 1.75. The van der Waals surface area contributed by atoms with Crippen molar-refractivity contribution in [3.8, 4) is 17.2 Å². The number of rotatable bonds is 9. The average molecular weight is 519 g/mol. The summed E-state index contributed by atoms with van der Waals surface area (Å²) in [5.41, 5.74) is 2.16.